The van der Waals surface area contributed by atoms with E-state index >= 15 is 0 Å². The molecular weight excluding hydrogens is 304 g/mol. The van der Waals surface area contributed by atoms with Crippen LogP contribution in [0.1, 0.15) is 28.8 Å². The number of carbonyl (C=O) groups excluding carboxylic acids is 1. The molecule has 1 aromatic rings. The third kappa shape index (κ3) is 2.70. The van der Waals surface area contributed by atoms with E-state index in [-0.39, 0.29) is 5.91 Å². The fraction of sp³-hybridized carbons (Fsp3) is 0.533. The summed E-state index contributed by atoms with van der Waals surface area (Å²) in [5, 5.41) is 3.54. The van der Waals surface area contributed by atoms with Crippen molar-refractivity contribution in [1.82, 2.24) is 10.2 Å². The number of benzene rings is 1. The van der Waals surface area contributed by atoms with Crippen LogP contribution in [0.2, 0.25) is 0 Å². The van der Waals surface area contributed by atoms with E-state index in [1.165, 1.54) is 12.8 Å². The van der Waals surface area contributed by atoms with E-state index in [0.29, 0.717) is 12.0 Å². The van der Waals surface area contributed by atoms with Crippen LogP contribution < -0.4 is 5.32 Å². The number of halogens is 1. The van der Waals surface area contributed by atoms with Gasteiger partial charge in [-0.15, -0.1) is 0 Å². The number of piperidine rings is 1. The minimum absolute atomic E-state index is 0.167. The van der Waals surface area contributed by atoms with Crippen molar-refractivity contribution in [3.63, 3.8) is 0 Å². The van der Waals surface area contributed by atoms with E-state index in [2.05, 4.69) is 21.2 Å². The molecule has 0 radical (unpaired) electrons. The molecule has 0 spiro atoms. The molecule has 2 aliphatic rings. The van der Waals surface area contributed by atoms with Crippen molar-refractivity contribution in [2.45, 2.75) is 25.8 Å². The van der Waals surface area contributed by atoms with Crippen LogP contribution in [0, 0.1) is 12.8 Å². The Morgan fingerprint density at radius 2 is 2.21 bits per heavy atom. The first-order valence-corrected chi connectivity index (χ1v) is 7.72. The molecular formula is C15H19BrN2O. The molecule has 2 saturated heterocycles. The fourth-order valence-electron chi connectivity index (χ4n) is 3.25. The summed E-state index contributed by atoms with van der Waals surface area (Å²) in [6, 6.07) is 6.43. The molecule has 0 aromatic heterocycles. The Labute approximate surface area is 122 Å². The van der Waals surface area contributed by atoms with Crippen LogP contribution in [0.4, 0.5) is 0 Å². The summed E-state index contributed by atoms with van der Waals surface area (Å²) in [4.78, 5) is 14.6. The molecule has 0 bridgehead atoms. The number of fused-ring (bicyclic) bond motifs is 1. The van der Waals surface area contributed by atoms with Crippen LogP contribution in [0.5, 0.6) is 0 Å². The summed E-state index contributed by atoms with van der Waals surface area (Å²) >= 11 is 3.47. The summed E-state index contributed by atoms with van der Waals surface area (Å²) in [6.45, 7) is 4.88. The zero-order chi connectivity index (χ0) is 13.4. The van der Waals surface area contributed by atoms with Crippen molar-refractivity contribution in [2.24, 2.45) is 5.92 Å². The Morgan fingerprint density at radius 3 is 2.95 bits per heavy atom. The van der Waals surface area contributed by atoms with Crippen molar-refractivity contribution < 1.29 is 4.79 Å². The number of nitrogens with zero attached hydrogens (tertiary/aromatic N) is 1. The molecule has 1 N–H and O–H groups in total. The molecule has 19 heavy (non-hydrogen) atoms. The average molecular weight is 323 g/mol. The first-order chi connectivity index (χ1) is 9.13. The van der Waals surface area contributed by atoms with Gasteiger partial charge in [0.1, 0.15) is 0 Å². The average Bonchev–Trinajstić information content (AvgIpc) is 2.80. The molecule has 4 heteroatoms. The lowest BCUT2D eigenvalue weighted by Gasteiger charge is -2.24. The lowest BCUT2D eigenvalue weighted by Crippen LogP contribution is -2.41. The van der Waals surface area contributed by atoms with Gasteiger partial charge in [0.15, 0.2) is 0 Å². The monoisotopic (exact) mass is 322 g/mol. The lowest BCUT2D eigenvalue weighted by molar-refractivity contribution is 0.0785. The second-order valence-electron chi connectivity index (χ2n) is 5.69. The predicted molar refractivity (Wildman–Crippen MR) is 79.3 cm³/mol. The van der Waals surface area contributed by atoms with Gasteiger partial charge < -0.3 is 10.2 Å². The fourth-order valence-corrected chi connectivity index (χ4v) is 3.86. The summed E-state index contributed by atoms with van der Waals surface area (Å²) < 4.78 is 0.977. The maximum absolute atomic E-state index is 12.6. The summed E-state index contributed by atoms with van der Waals surface area (Å²) in [5.74, 6) is 0.812. The highest BCUT2D eigenvalue weighted by Crippen LogP contribution is 2.26. The predicted octanol–water partition coefficient (Wildman–Crippen LogP) is 2.58. The van der Waals surface area contributed by atoms with Crippen molar-refractivity contribution in [2.75, 3.05) is 19.6 Å². The van der Waals surface area contributed by atoms with E-state index in [1.54, 1.807) is 0 Å². The maximum Gasteiger partial charge on any atom is 0.253 e. The van der Waals surface area contributed by atoms with Gasteiger partial charge in [0.2, 0.25) is 0 Å². The van der Waals surface area contributed by atoms with Crippen LogP contribution in [0.15, 0.2) is 22.7 Å². The number of hydrogen-bond donors (Lipinski definition) is 1. The molecule has 1 aromatic carbocycles. The third-order valence-electron chi connectivity index (χ3n) is 4.18. The molecule has 2 aliphatic heterocycles. The van der Waals surface area contributed by atoms with Gasteiger partial charge in [0, 0.05) is 29.2 Å². The topological polar surface area (TPSA) is 32.3 Å². The number of hydrogen-bond acceptors (Lipinski definition) is 2. The van der Waals surface area contributed by atoms with Gasteiger partial charge in [-0.1, -0.05) is 15.9 Å². The number of carbonyl (C=O) groups is 1. The molecule has 2 heterocycles. The largest absolute Gasteiger partial charge is 0.337 e. The van der Waals surface area contributed by atoms with Gasteiger partial charge in [-0.3, -0.25) is 4.79 Å². The minimum Gasteiger partial charge on any atom is -0.337 e. The molecule has 102 valence electrons. The molecule has 0 aliphatic carbocycles. The van der Waals surface area contributed by atoms with Crippen molar-refractivity contribution in [3.8, 4) is 0 Å². The van der Waals surface area contributed by atoms with Gasteiger partial charge in [0.25, 0.3) is 5.91 Å². The zero-order valence-corrected chi connectivity index (χ0v) is 12.7. The Kier molecular flexibility index (Phi) is 3.63. The number of aryl methyl sites for hydroxylation is 1. The van der Waals surface area contributed by atoms with Crippen molar-refractivity contribution >= 4 is 21.8 Å². The van der Waals surface area contributed by atoms with Crippen LogP contribution in [-0.4, -0.2) is 36.5 Å². The van der Waals surface area contributed by atoms with Gasteiger partial charge in [-0.25, -0.2) is 0 Å². The third-order valence-corrected chi connectivity index (χ3v) is 4.63. The van der Waals surface area contributed by atoms with Gasteiger partial charge >= 0.3 is 0 Å². The number of likely N-dealkylation sites (tertiary alicyclic amines) is 1. The molecule has 1 amide bonds. The Morgan fingerprint density at radius 1 is 1.37 bits per heavy atom. The first kappa shape index (κ1) is 13.1. The number of amides is 1. The molecule has 2 atom stereocenters. The summed E-state index contributed by atoms with van der Waals surface area (Å²) in [5.41, 5.74) is 1.91. The van der Waals surface area contributed by atoms with Crippen LogP contribution in [0.25, 0.3) is 0 Å². The highest BCUT2D eigenvalue weighted by atomic mass is 79.9. The van der Waals surface area contributed by atoms with Crippen molar-refractivity contribution in [3.05, 3.63) is 33.8 Å². The van der Waals surface area contributed by atoms with Crippen LogP contribution >= 0.6 is 15.9 Å². The second-order valence-corrected chi connectivity index (χ2v) is 6.61. The highest BCUT2D eigenvalue weighted by molar-refractivity contribution is 9.10. The van der Waals surface area contributed by atoms with Crippen LogP contribution in [0.3, 0.4) is 0 Å². The Bertz CT molecular complexity index is 469. The van der Waals surface area contributed by atoms with E-state index in [1.807, 2.05) is 30.0 Å². The standard InChI is InChI=1S/C15H19BrN2O/c1-10-5-12(7-13(16)6-10)15(19)18-8-11-3-2-4-17-14(11)9-18/h5-7,11,14,17H,2-4,8-9H2,1H3. The maximum atomic E-state index is 12.6. The van der Waals surface area contributed by atoms with Crippen molar-refractivity contribution in [1.29, 1.82) is 0 Å². The van der Waals surface area contributed by atoms with E-state index in [0.717, 1.165) is 35.2 Å². The zero-order valence-electron chi connectivity index (χ0n) is 11.2. The summed E-state index contributed by atoms with van der Waals surface area (Å²) in [6.07, 6.45) is 2.48. The number of nitrogens with one attached hydrogen (secondary N) is 1. The van der Waals surface area contributed by atoms with Gasteiger partial charge in [-0.2, -0.15) is 0 Å². The first-order valence-electron chi connectivity index (χ1n) is 6.93. The second kappa shape index (κ2) is 5.25. The quantitative estimate of drug-likeness (QED) is 0.862. The molecule has 0 saturated carbocycles. The van der Waals surface area contributed by atoms with Gasteiger partial charge in [0.05, 0.1) is 0 Å². The summed E-state index contributed by atoms with van der Waals surface area (Å²) in [7, 11) is 0. The Hall–Kier alpha value is -0.870. The Balaban J connectivity index is 1.77. The molecule has 2 fully saturated rings. The van der Waals surface area contributed by atoms with E-state index < -0.39 is 0 Å². The minimum atomic E-state index is 0.167. The highest BCUT2D eigenvalue weighted by Gasteiger charge is 2.36. The lowest BCUT2D eigenvalue weighted by atomic mass is 9.94. The smallest absolute Gasteiger partial charge is 0.253 e. The normalized spacial score (nSPS) is 26.3. The van der Waals surface area contributed by atoms with Crippen LogP contribution in [-0.2, 0) is 0 Å². The van der Waals surface area contributed by atoms with E-state index in [4.69, 9.17) is 0 Å². The van der Waals surface area contributed by atoms with Gasteiger partial charge in [-0.05, 0) is 56.0 Å². The molecule has 3 nitrogen and oxygen atoms in total. The number of rotatable bonds is 1. The molecule has 3 rings (SSSR count). The van der Waals surface area contributed by atoms with E-state index in [9.17, 15) is 4.79 Å². The molecule has 2 unspecified atom stereocenters. The SMILES string of the molecule is Cc1cc(Br)cc(C(=O)N2CC3CCCNC3C2)c1.